The Kier molecular flexibility index (Phi) is 7.29. The summed E-state index contributed by atoms with van der Waals surface area (Å²) in [6.45, 7) is 9.91. The van der Waals surface area contributed by atoms with Crippen molar-refractivity contribution in [1.82, 2.24) is 30.2 Å². The molecule has 1 fully saturated rings. The van der Waals surface area contributed by atoms with E-state index in [1.807, 2.05) is 24.4 Å². The van der Waals surface area contributed by atoms with E-state index in [1.165, 1.54) is 5.56 Å². The number of hydrogen-bond acceptors (Lipinski definition) is 8. The van der Waals surface area contributed by atoms with Gasteiger partial charge in [0.1, 0.15) is 17.1 Å². The van der Waals surface area contributed by atoms with Crippen LogP contribution in [0.3, 0.4) is 0 Å². The summed E-state index contributed by atoms with van der Waals surface area (Å²) in [5, 5.41) is 6.74. The number of anilines is 2. The van der Waals surface area contributed by atoms with Gasteiger partial charge in [-0.3, -0.25) is 9.88 Å². The molecule has 0 aliphatic carbocycles. The van der Waals surface area contributed by atoms with Crippen molar-refractivity contribution in [3.8, 4) is 22.6 Å². The van der Waals surface area contributed by atoms with Crippen LogP contribution in [0.2, 0.25) is 0 Å². The summed E-state index contributed by atoms with van der Waals surface area (Å²) in [7, 11) is 1.65. The number of benzene rings is 1. The first-order valence-corrected chi connectivity index (χ1v) is 12.4. The Morgan fingerprint density at radius 3 is 2.75 bits per heavy atom. The molecule has 0 atom stereocenters. The Morgan fingerprint density at radius 1 is 1.08 bits per heavy atom. The number of aromatic amines is 1. The highest BCUT2D eigenvalue weighted by atomic mass is 16.5. The van der Waals surface area contributed by atoms with Gasteiger partial charge in [0.25, 0.3) is 0 Å². The lowest BCUT2D eigenvalue weighted by atomic mass is 10.0. The molecule has 0 radical (unpaired) electrons. The van der Waals surface area contributed by atoms with Crippen molar-refractivity contribution >= 4 is 22.8 Å². The molecule has 9 heteroatoms. The van der Waals surface area contributed by atoms with Crippen molar-refractivity contribution < 1.29 is 9.47 Å². The predicted molar refractivity (Wildman–Crippen MR) is 142 cm³/mol. The number of fused-ring (bicyclic) bond motifs is 1. The summed E-state index contributed by atoms with van der Waals surface area (Å²) < 4.78 is 11.9. The molecule has 0 unspecified atom stereocenters. The second-order valence-electron chi connectivity index (χ2n) is 9.41. The second kappa shape index (κ2) is 10.9. The smallest absolute Gasteiger partial charge is 0.207 e. The number of rotatable bonds is 9. The largest absolute Gasteiger partial charge is 0.494 e. The van der Waals surface area contributed by atoms with E-state index in [9.17, 15) is 0 Å². The van der Waals surface area contributed by atoms with E-state index in [0.29, 0.717) is 24.2 Å². The molecule has 1 aliphatic heterocycles. The molecular weight excluding hydrogens is 454 g/mol. The van der Waals surface area contributed by atoms with Crippen LogP contribution in [0.15, 0.2) is 48.9 Å². The van der Waals surface area contributed by atoms with Gasteiger partial charge >= 0.3 is 0 Å². The van der Waals surface area contributed by atoms with E-state index in [0.717, 1.165) is 66.5 Å². The minimum absolute atomic E-state index is 0.367. The van der Waals surface area contributed by atoms with Gasteiger partial charge in [0.05, 0.1) is 25.4 Å². The first-order chi connectivity index (χ1) is 17.6. The fourth-order valence-electron chi connectivity index (χ4n) is 4.37. The number of methoxy groups -OCH3 is 1. The third-order valence-electron chi connectivity index (χ3n) is 6.15. The average molecular weight is 488 g/mol. The van der Waals surface area contributed by atoms with Crippen molar-refractivity contribution in [1.29, 1.82) is 0 Å². The normalized spacial score (nSPS) is 14.3. The standard InChI is InChI=1S/C27H33N7O2/c1-18(2)17-36-26-21(20-7-8-29-15-23(20)35-3)4-5-22-25(26)33-27(31-22)32-24-14-19(6-9-30-24)16-34-12-10-28-11-13-34/h4-9,14-15,18,28H,10-13,16-17H2,1-3H3,(H2,30,31,32,33). The molecule has 5 rings (SSSR count). The Balaban J connectivity index is 1.45. The van der Waals surface area contributed by atoms with Gasteiger partial charge in [0.15, 0.2) is 5.75 Å². The summed E-state index contributed by atoms with van der Waals surface area (Å²) in [4.78, 5) is 19.4. The van der Waals surface area contributed by atoms with Gasteiger partial charge < -0.3 is 25.1 Å². The highest BCUT2D eigenvalue weighted by Crippen LogP contribution is 2.40. The van der Waals surface area contributed by atoms with Crippen LogP contribution in [0.1, 0.15) is 19.4 Å². The molecule has 1 aliphatic rings. The molecule has 0 spiro atoms. The summed E-state index contributed by atoms with van der Waals surface area (Å²) in [5.74, 6) is 3.14. The van der Waals surface area contributed by atoms with Gasteiger partial charge in [-0.1, -0.05) is 13.8 Å². The van der Waals surface area contributed by atoms with Crippen LogP contribution in [-0.2, 0) is 6.54 Å². The number of nitrogens with one attached hydrogen (secondary N) is 3. The number of piperazine rings is 1. The van der Waals surface area contributed by atoms with Crippen LogP contribution in [0.4, 0.5) is 11.8 Å². The quantitative estimate of drug-likeness (QED) is 0.323. The number of H-pyrrole nitrogens is 1. The van der Waals surface area contributed by atoms with Crippen LogP contribution in [-0.4, -0.2) is 64.7 Å². The Bertz CT molecular complexity index is 1310. The van der Waals surface area contributed by atoms with Gasteiger partial charge in [0, 0.05) is 56.2 Å². The predicted octanol–water partition coefficient (Wildman–Crippen LogP) is 4.21. The zero-order chi connectivity index (χ0) is 24.9. The molecule has 36 heavy (non-hydrogen) atoms. The molecule has 1 saturated heterocycles. The van der Waals surface area contributed by atoms with E-state index in [2.05, 4.69) is 56.5 Å². The van der Waals surface area contributed by atoms with Crippen molar-refractivity contribution in [2.75, 3.05) is 45.2 Å². The van der Waals surface area contributed by atoms with Crippen LogP contribution in [0.5, 0.6) is 11.5 Å². The molecule has 188 valence electrons. The number of pyridine rings is 2. The molecule has 3 N–H and O–H groups in total. The lowest BCUT2D eigenvalue weighted by Gasteiger charge is -2.27. The van der Waals surface area contributed by atoms with E-state index < -0.39 is 0 Å². The van der Waals surface area contributed by atoms with Crippen molar-refractivity contribution in [2.45, 2.75) is 20.4 Å². The topological polar surface area (TPSA) is 100 Å². The van der Waals surface area contributed by atoms with E-state index in [1.54, 1.807) is 19.5 Å². The molecule has 9 nitrogen and oxygen atoms in total. The van der Waals surface area contributed by atoms with E-state index in [4.69, 9.17) is 14.5 Å². The molecular formula is C27H33N7O2. The highest BCUT2D eigenvalue weighted by molar-refractivity contribution is 5.93. The monoisotopic (exact) mass is 487 g/mol. The first kappa shape index (κ1) is 24.0. The number of ether oxygens (including phenoxy) is 2. The summed E-state index contributed by atoms with van der Waals surface area (Å²) in [6.07, 6.45) is 5.31. The maximum absolute atomic E-state index is 6.32. The van der Waals surface area contributed by atoms with Crippen molar-refractivity contribution in [3.63, 3.8) is 0 Å². The van der Waals surface area contributed by atoms with Crippen molar-refractivity contribution in [3.05, 3.63) is 54.5 Å². The maximum Gasteiger partial charge on any atom is 0.207 e. The highest BCUT2D eigenvalue weighted by Gasteiger charge is 2.19. The Hall–Kier alpha value is -3.69. The summed E-state index contributed by atoms with van der Waals surface area (Å²) >= 11 is 0. The SMILES string of the molecule is COc1cnccc1-c1ccc2[nH]c(Nc3cc(CN4CCNCC4)ccn3)nc2c1OCC(C)C. The fourth-order valence-corrected chi connectivity index (χ4v) is 4.37. The summed E-state index contributed by atoms with van der Waals surface area (Å²) in [6, 6.07) is 10.1. The molecule has 1 aromatic carbocycles. The molecule has 0 saturated carbocycles. The maximum atomic E-state index is 6.32. The molecule has 3 aromatic heterocycles. The number of hydrogen-bond donors (Lipinski definition) is 3. The van der Waals surface area contributed by atoms with Crippen LogP contribution in [0, 0.1) is 5.92 Å². The van der Waals surface area contributed by atoms with E-state index in [-0.39, 0.29) is 0 Å². The minimum atomic E-state index is 0.367. The molecule has 4 aromatic rings. The zero-order valence-corrected chi connectivity index (χ0v) is 21.0. The van der Waals surface area contributed by atoms with Crippen LogP contribution < -0.4 is 20.1 Å². The molecule has 4 heterocycles. The number of nitrogens with zero attached hydrogens (tertiary/aromatic N) is 4. The Morgan fingerprint density at radius 2 is 1.94 bits per heavy atom. The lowest BCUT2D eigenvalue weighted by Crippen LogP contribution is -2.42. The third kappa shape index (κ3) is 5.42. The first-order valence-electron chi connectivity index (χ1n) is 12.4. The number of aromatic nitrogens is 4. The molecule has 0 amide bonds. The van der Waals surface area contributed by atoms with Crippen LogP contribution in [0.25, 0.3) is 22.2 Å². The van der Waals surface area contributed by atoms with Gasteiger partial charge in [-0.05, 0) is 41.8 Å². The van der Waals surface area contributed by atoms with Gasteiger partial charge in [-0.2, -0.15) is 0 Å². The van der Waals surface area contributed by atoms with Gasteiger partial charge in [-0.15, -0.1) is 0 Å². The van der Waals surface area contributed by atoms with Crippen molar-refractivity contribution in [2.24, 2.45) is 5.92 Å². The fraction of sp³-hybridized carbons (Fsp3) is 0.370. The van der Waals surface area contributed by atoms with E-state index >= 15 is 0 Å². The average Bonchev–Trinajstić information content (AvgIpc) is 3.30. The third-order valence-corrected chi connectivity index (χ3v) is 6.15. The second-order valence-corrected chi connectivity index (χ2v) is 9.41. The van der Waals surface area contributed by atoms with Gasteiger partial charge in [0.2, 0.25) is 5.95 Å². The minimum Gasteiger partial charge on any atom is -0.494 e. The molecule has 0 bridgehead atoms. The lowest BCUT2D eigenvalue weighted by molar-refractivity contribution is 0.233. The Labute approximate surface area is 211 Å². The summed E-state index contributed by atoms with van der Waals surface area (Å²) in [5.41, 5.74) is 4.68. The van der Waals surface area contributed by atoms with Gasteiger partial charge in [-0.25, -0.2) is 9.97 Å². The van der Waals surface area contributed by atoms with Crippen LogP contribution >= 0.6 is 0 Å². The zero-order valence-electron chi connectivity index (χ0n) is 21.0. The number of imidazole rings is 1.